The van der Waals surface area contributed by atoms with E-state index in [1.165, 1.54) is 0 Å². The summed E-state index contributed by atoms with van der Waals surface area (Å²) in [6.45, 7) is 0. The summed E-state index contributed by atoms with van der Waals surface area (Å²) in [4.78, 5) is 10.8. The van der Waals surface area contributed by atoms with Gasteiger partial charge in [-0.05, 0) is 27.8 Å². The van der Waals surface area contributed by atoms with Crippen LogP contribution in [0.25, 0.3) is 33.3 Å². The van der Waals surface area contributed by atoms with Crippen LogP contribution in [0.5, 0.6) is 0 Å². The predicted molar refractivity (Wildman–Crippen MR) is 178 cm³/mol. The number of aliphatic imine (C=N–C) groups is 1. The molecule has 206 valence electrons. The number of aromatic nitrogens is 2. The van der Waals surface area contributed by atoms with Gasteiger partial charge >= 0.3 is 0 Å². The van der Waals surface area contributed by atoms with Crippen molar-refractivity contribution < 1.29 is 0 Å². The maximum atomic E-state index is 5.49. The van der Waals surface area contributed by atoms with Crippen LogP contribution in [0.1, 0.15) is 22.5 Å². The van der Waals surface area contributed by atoms with Crippen molar-refractivity contribution in [1.82, 2.24) is 9.55 Å². The van der Waals surface area contributed by atoms with Gasteiger partial charge in [0.05, 0.1) is 17.2 Å². The molecule has 0 aliphatic rings. The Morgan fingerprint density at radius 2 is 0.907 bits per heavy atom. The molecular formula is C40H31N3. The van der Waals surface area contributed by atoms with Crippen molar-refractivity contribution >= 4 is 17.2 Å². The highest BCUT2D eigenvalue weighted by Crippen LogP contribution is 2.41. The first-order chi connectivity index (χ1) is 21.3. The van der Waals surface area contributed by atoms with Crippen molar-refractivity contribution in [2.45, 2.75) is 5.54 Å². The second kappa shape index (κ2) is 11.4. The van der Waals surface area contributed by atoms with Gasteiger partial charge in [0, 0.05) is 18.2 Å². The van der Waals surface area contributed by atoms with E-state index in [0.29, 0.717) is 0 Å². The summed E-state index contributed by atoms with van der Waals surface area (Å²) >= 11 is 0. The van der Waals surface area contributed by atoms with E-state index in [4.69, 9.17) is 9.98 Å². The van der Waals surface area contributed by atoms with Crippen LogP contribution in [-0.4, -0.2) is 15.8 Å². The minimum atomic E-state index is -0.758. The summed E-state index contributed by atoms with van der Waals surface area (Å²) in [5.74, 6) is 0.794. The molecule has 3 heteroatoms. The number of nitrogens with zero attached hydrogens (tertiary/aromatic N) is 3. The zero-order valence-electron chi connectivity index (χ0n) is 24.0. The molecule has 0 fully saturated rings. The number of rotatable bonds is 7. The topological polar surface area (TPSA) is 30.2 Å². The maximum Gasteiger partial charge on any atom is 0.151 e. The highest BCUT2D eigenvalue weighted by atomic mass is 15.1. The second-order valence-electron chi connectivity index (χ2n) is 10.7. The van der Waals surface area contributed by atoms with E-state index in [0.717, 1.165) is 55.8 Å². The van der Waals surface area contributed by atoms with Crippen molar-refractivity contribution in [2.24, 2.45) is 12.0 Å². The first kappa shape index (κ1) is 26.4. The van der Waals surface area contributed by atoms with Gasteiger partial charge in [-0.3, -0.25) is 4.99 Å². The number of hydrogen-bond donors (Lipinski definition) is 0. The molecule has 0 saturated carbocycles. The molecule has 0 aliphatic heterocycles. The molecular weight excluding hydrogens is 522 g/mol. The van der Waals surface area contributed by atoms with Gasteiger partial charge < -0.3 is 4.57 Å². The minimum absolute atomic E-state index is 0.758. The minimum Gasteiger partial charge on any atom is -0.326 e. The highest BCUT2D eigenvalue weighted by molar-refractivity contribution is 6.03. The molecule has 0 spiro atoms. The smallest absolute Gasteiger partial charge is 0.151 e. The third-order valence-electron chi connectivity index (χ3n) is 8.17. The Bertz CT molecular complexity index is 1900. The molecule has 0 amide bonds. The monoisotopic (exact) mass is 553 g/mol. The van der Waals surface area contributed by atoms with Crippen LogP contribution in [0.4, 0.5) is 0 Å². The lowest BCUT2D eigenvalue weighted by Gasteiger charge is -2.32. The van der Waals surface area contributed by atoms with Crippen LogP contribution in [0.3, 0.4) is 0 Å². The molecule has 1 aromatic heterocycles. The SMILES string of the molecule is Cn1c(/C=N/C(c2ccccc2)(c2ccccc2)c2ccccc2)nc2c(-c3ccccc3)ccc(-c3ccccc3)c21. The Balaban J connectivity index is 1.49. The number of imidazole rings is 1. The van der Waals surface area contributed by atoms with E-state index in [2.05, 4.69) is 169 Å². The Labute approximate surface area is 252 Å². The second-order valence-corrected chi connectivity index (χ2v) is 10.7. The Kier molecular flexibility index (Phi) is 6.98. The van der Waals surface area contributed by atoms with Gasteiger partial charge in [-0.2, -0.15) is 0 Å². The molecule has 0 N–H and O–H groups in total. The summed E-state index contributed by atoms with van der Waals surface area (Å²) < 4.78 is 2.18. The van der Waals surface area contributed by atoms with Crippen LogP contribution in [-0.2, 0) is 12.6 Å². The largest absolute Gasteiger partial charge is 0.326 e. The lowest BCUT2D eigenvalue weighted by molar-refractivity contribution is 0.658. The van der Waals surface area contributed by atoms with Crippen LogP contribution in [0.2, 0.25) is 0 Å². The third kappa shape index (κ3) is 4.75. The molecule has 0 saturated heterocycles. The molecule has 0 bridgehead atoms. The zero-order chi connectivity index (χ0) is 29.1. The average Bonchev–Trinajstić information content (AvgIpc) is 3.43. The normalized spacial score (nSPS) is 11.7. The number of hydrogen-bond acceptors (Lipinski definition) is 2. The van der Waals surface area contributed by atoms with Gasteiger partial charge in [0.25, 0.3) is 0 Å². The molecule has 6 aromatic carbocycles. The van der Waals surface area contributed by atoms with E-state index >= 15 is 0 Å². The van der Waals surface area contributed by atoms with E-state index < -0.39 is 5.54 Å². The van der Waals surface area contributed by atoms with Gasteiger partial charge in [-0.15, -0.1) is 0 Å². The van der Waals surface area contributed by atoms with Crippen molar-refractivity contribution in [3.05, 3.63) is 186 Å². The summed E-state index contributed by atoms with van der Waals surface area (Å²) in [6.07, 6.45) is 1.95. The first-order valence-corrected chi connectivity index (χ1v) is 14.6. The summed E-state index contributed by atoms with van der Waals surface area (Å²) in [6, 6.07) is 57.0. The van der Waals surface area contributed by atoms with E-state index in [1.54, 1.807) is 0 Å². The molecule has 0 unspecified atom stereocenters. The standard InChI is InChI=1S/C40H31N3/c1-43-37(42-38-35(30-17-7-2-8-18-30)27-28-36(39(38)43)31-19-9-3-10-20-31)29-41-40(32-21-11-4-12-22-32,33-23-13-5-14-24-33)34-25-15-6-16-26-34/h2-29H,1H3/b41-29+. The molecule has 7 aromatic rings. The Morgan fingerprint density at radius 3 is 1.37 bits per heavy atom. The lowest BCUT2D eigenvalue weighted by Crippen LogP contribution is -2.27. The van der Waals surface area contributed by atoms with Gasteiger partial charge in [-0.25, -0.2) is 4.98 Å². The maximum absolute atomic E-state index is 5.49. The fourth-order valence-corrected chi connectivity index (χ4v) is 6.07. The molecule has 1 heterocycles. The highest BCUT2D eigenvalue weighted by Gasteiger charge is 2.35. The Hall–Kier alpha value is -5.54. The molecule has 0 radical (unpaired) electrons. The predicted octanol–water partition coefficient (Wildman–Crippen LogP) is 9.32. The number of aryl methyl sites for hydroxylation is 1. The van der Waals surface area contributed by atoms with Gasteiger partial charge in [-0.1, -0.05) is 164 Å². The zero-order valence-corrected chi connectivity index (χ0v) is 24.0. The fourth-order valence-electron chi connectivity index (χ4n) is 6.07. The van der Waals surface area contributed by atoms with Crippen molar-refractivity contribution in [3.8, 4) is 22.3 Å². The van der Waals surface area contributed by atoms with Crippen LogP contribution < -0.4 is 0 Å². The fraction of sp³-hybridized carbons (Fsp3) is 0.0500. The van der Waals surface area contributed by atoms with E-state index in [9.17, 15) is 0 Å². The molecule has 0 aliphatic carbocycles. The third-order valence-corrected chi connectivity index (χ3v) is 8.17. The quantitative estimate of drug-likeness (QED) is 0.143. The van der Waals surface area contributed by atoms with Gasteiger partial charge in [0.15, 0.2) is 5.82 Å². The van der Waals surface area contributed by atoms with Crippen molar-refractivity contribution in [2.75, 3.05) is 0 Å². The lowest BCUT2D eigenvalue weighted by atomic mass is 9.77. The van der Waals surface area contributed by atoms with Gasteiger partial charge in [0.1, 0.15) is 5.54 Å². The summed E-state index contributed by atoms with van der Waals surface area (Å²) in [5.41, 5.74) is 9.11. The van der Waals surface area contributed by atoms with Crippen LogP contribution >= 0.6 is 0 Å². The Morgan fingerprint density at radius 1 is 0.512 bits per heavy atom. The van der Waals surface area contributed by atoms with E-state index in [-0.39, 0.29) is 0 Å². The van der Waals surface area contributed by atoms with Gasteiger partial charge in [0.2, 0.25) is 0 Å². The number of benzene rings is 6. The van der Waals surface area contributed by atoms with Crippen LogP contribution in [0.15, 0.2) is 169 Å². The summed E-state index contributed by atoms with van der Waals surface area (Å²) in [5, 5.41) is 0. The summed E-state index contributed by atoms with van der Waals surface area (Å²) in [7, 11) is 2.09. The van der Waals surface area contributed by atoms with Crippen molar-refractivity contribution in [3.63, 3.8) is 0 Å². The molecule has 3 nitrogen and oxygen atoms in total. The molecule has 0 atom stereocenters. The van der Waals surface area contributed by atoms with Crippen LogP contribution in [0, 0.1) is 0 Å². The number of fused-ring (bicyclic) bond motifs is 1. The average molecular weight is 554 g/mol. The molecule has 43 heavy (non-hydrogen) atoms. The van der Waals surface area contributed by atoms with Crippen molar-refractivity contribution in [1.29, 1.82) is 0 Å². The molecule has 7 rings (SSSR count). The first-order valence-electron chi connectivity index (χ1n) is 14.6. The van der Waals surface area contributed by atoms with E-state index in [1.807, 2.05) is 12.3 Å².